The number of amides is 4. The van der Waals surface area contributed by atoms with E-state index < -0.39 is 53.0 Å². The number of carbonyl (C=O) groups excluding carboxylic acids is 3. The number of urea groups is 1. The second kappa shape index (κ2) is 14.9. The number of carbonyl (C=O) groups is 3. The lowest BCUT2D eigenvalue weighted by molar-refractivity contribution is -0.136. The number of rotatable bonds is 12. The van der Waals surface area contributed by atoms with Gasteiger partial charge in [0.15, 0.2) is 0 Å². The van der Waals surface area contributed by atoms with Gasteiger partial charge in [0.1, 0.15) is 17.4 Å². The molecule has 0 bridgehead atoms. The normalized spacial score (nSPS) is 18.6. The summed E-state index contributed by atoms with van der Waals surface area (Å²) in [6.07, 6.45) is -3.39. The van der Waals surface area contributed by atoms with E-state index in [2.05, 4.69) is 26.3 Å². The van der Waals surface area contributed by atoms with Crippen LogP contribution in [0.15, 0.2) is 42.5 Å². The van der Waals surface area contributed by atoms with Gasteiger partial charge < -0.3 is 32.0 Å². The predicted molar refractivity (Wildman–Crippen MR) is 179 cm³/mol. The number of H-pyrrole nitrogens is 1. The molecule has 0 spiro atoms. The van der Waals surface area contributed by atoms with Crippen LogP contribution in [0.3, 0.4) is 0 Å². The van der Waals surface area contributed by atoms with E-state index in [-0.39, 0.29) is 48.1 Å². The molecule has 0 fully saturated rings. The monoisotopic (exact) mass is 690 g/mol. The predicted octanol–water partition coefficient (Wildman–Crippen LogP) is 5.40. The average Bonchev–Trinajstić information content (AvgIpc) is 3.41. The number of aromatic amines is 1. The highest BCUT2D eigenvalue weighted by Crippen LogP contribution is 2.40. The zero-order valence-electron chi connectivity index (χ0n) is 27.3. The van der Waals surface area contributed by atoms with Crippen molar-refractivity contribution in [3.63, 3.8) is 0 Å². The van der Waals surface area contributed by atoms with Gasteiger partial charge in [-0.15, -0.1) is 0 Å². The van der Waals surface area contributed by atoms with E-state index in [9.17, 15) is 31.9 Å². The molecule has 260 valence electrons. The molecule has 3 unspecified atom stereocenters. The van der Waals surface area contributed by atoms with Gasteiger partial charge in [-0.25, -0.2) is 9.18 Å². The molecule has 2 aromatic carbocycles. The number of aromatic nitrogens is 1. The summed E-state index contributed by atoms with van der Waals surface area (Å²) in [6, 6.07) is 7.11. The Morgan fingerprint density at radius 2 is 1.69 bits per heavy atom. The Morgan fingerprint density at radius 1 is 1.02 bits per heavy atom. The molecule has 1 aromatic heterocycles. The minimum atomic E-state index is -4.61. The van der Waals surface area contributed by atoms with Gasteiger partial charge in [-0.05, 0) is 54.0 Å². The molecule has 1 aliphatic rings. The lowest BCUT2D eigenvalue weighted by Crippen LogP contribution is -2.67. The number of halogens is 4. The van der Waals surface area contributed by atoms with Gasteiger partial charge in [0.2, 0.25) is 11.8 Å². The second-order valence-corrected chi connectivity index (χ2v) is 13.1. The Labute approximate surface area is 282 Å². The average molecular weight is 691 g/mol. The maximum absolute atomic E-state index is 14.3. The van der Waals surface area contributed by atoms with E-state index in [1.807, 2.05) is 20.8 Å². The maximum atomic E-state index is 14.3. The Kier molecular flexibility index (Phi) is 11.4. The van der Waals surface area contributed by atoms with Gasteiger partial charge in [0.25, 0.3) is 0 Å². The second-order valence-electron chi connectivity index (χ2n) is 12.6. The van der Waals surface area contributed by atoms with Crippen LogP contribution in [0.25, 0.3) is 10.9 Å². The van der Waals surface area contributed by atoms with Gasteiger partial charge >= 0.3 is 12.2 Å². The van der Waals surface area contributed by atoms with Crippen LogP contribution >= 0.6 is 12.2 Å². The molecule has 0 aliphatic heterocycles. The minimum absolute atomic E-state index is 0.00400. The van der Waals surface area contributed by atoms with Crippen molar-refractivity contribution in [3.05, 3.63) is 70.7 Å². The third-order valence-corrected chi connectivity index (χ3v) is 9.60. The van der Waals surface area contributed by atoms with Crippen LogP contribution in [0.2, 0.25) is 0 Å². The van der Waals surface area contributed by atoms with Crippen molar-refractivity contribution in [1.82, 2.24) is 26.3 Å². The first-order valence-corrected chi connectivity index (χ1v) is 16.4. The number of hydrogen-bond acceptors (Lipinski definition) is 4. The summed E-state index contributed by atoms with van der Waals surface area (Å²) in [7, 11) is 0. The van der Waals surface area contributed by atoms with E-state index in [0.29, 0.717) is 35.0 Å². The topological polar surface area (TPSA) is 141 Å². The van der Waals surface area contributed by atoms with E-state index in [4.69, 9.17) is 18.0 Å². The summed E-state index contributed by atoms with van der Waals surface area (Å²) in [4.78, 5) is 44.3. The minimum Gasteiger partial charge on any atom is -0.392 e. The summed E-state index contributed by atoms with van der Waals surface area (Å²) in [5.74, 6) is -2.20. The molecular formula is C34H42F4N6O3S. The van der Waals surface area contributed by atoms with Gasteiger partial charge in [0, 0.05) is 24.0 Å². The fourth-order valence-electron chi connectivity index (χ4n) is 6.11. The number of aryl methyl sites for hydroxylation is 1. The molecular weight excluding hydrogens is 648 g/mol. The molecule has 14 heteroatoms. The Bertz CT molecular complexity index is 1680. The van der Waals surface area contributed by atoms with Gasteiger partial charge in [0.05, 0.1) is 22.1 Å². The Hall–Kier alpha value is -4.20. The molecule has 1 aliphatic carbocycles. The number of nitrogens with one attached hydrogen (secondary N) is 5. The number of hydrogen-bond donors (Lipinski definition) is 6. The van der Waals surface area contributed by atoms with E-state index in [0.717, 1.165) is 6.07 Å². The van der Waals surface area contributed by atoms with E-state index >= 15 is 0 Å². The molecule has 7 N–H and O–H groups in total. The van der Waals surface area contributed by atoms with Crippen molar-refractivity contribution in [3.8, 4) is 0 Å². The fraction of sp³-hybridized carbons (Fsp3) is 0.471. The Balaban J connectivity index is 1.68. The lowest BCUT2D eigenvalue weighted by Gasteiger charge is -2.40. The molecule has 1 heterocycles. The van der Waals surface area contributed by atoms with Crippen LogP contribution in [-0.4, -0.2) is 45.4 Å². The quantitative estimate of drug-likeness (QED) is 0.112. The number of fused-ring (bicyclic) bond motifs is 3. The van der Waals surface area contributed by atoms with E-state index in [1.165, 1.54) is 24.3 Å². The highest BCUT2D eigenvalue weighted by Gasteiger charge is 2.47. The first-order chi connectivity index (χ1) is 22.6. The molecule has 5 atom stereocenters. The van der Waals surface area contributed by atoms with Gasteiger partial charge in [-0.2, -0.15) is 13.2 Å². The summed E-state index contributed by atoms with van der Waals surface area (Å²) in [5, 5.41) is 11.4. The van der Waals surface area contributed by atoms with Crippen LogP contribution in [0.4, 0.5) is 22.4 Å². The van der Waals surface area contributed by atoms with Crippen LogP contribution in [0.5, 0.6) is 0 Å². The molecule has 48 heavy (non-hydrogen) atoms. The van der Waals surface area contributed by atoms with Crippen LogP contribution in [0.1, 0.15) is 69.3 Å². The smallest absolute Gasteiger partial charge is 0.392 e. The first kappa shape index (κ1) is 36.6. The molecule has 4 rings (SSSR count). The highest BCUT2D eigenvalue weighted by molar-refractivity contribution is 7.80. The third kappa shape index (κ3) is 8.08. The zero-order valence-corrected chi connectivity index (χ0v) is 28.1. The number of alkyl halides is 3. The molecule has 0 saturated heterocycles. The van der Waals surface area contributed by atoms with Crippen molar-refractivity contribution in [2.24, 2.45) is 17.6 Å². The van der Waals surface area contributed by atoms with Crippen LogP contribution < -0.4 is 27.0 Å². The molecule has 3 aromatic rings. The number of nitrogens with two attached hydrogens (primary N) is 1. The van der Waals surface area contributed by atoms with Gasteiger partial charge in [-0.1, -0.05) is 77.0 Å². The molecule has 4 amide bonds. The molecule has 0 radical (unpaired) electrons. The SMILES string of the molecule is CCC(C)[C@H](NC(=O)NCc1cccc(F)c1)C(=O)NC1(C(=O)N[C@H](C(N)=S)C(C)CC)CCc2[nH]c3c(C(F)(F)F)cccc3c2C1. The Morgan fingerprint density at radius 3 is 2.31 bits per heavy atom. The maximum Gasteiger partial charge on any atom is 0.418 e. The highest BCUT2D eigenvalue weighted by atomic mass is 32.1. The summed E-state index contributed by atoms with van der Waals surface area (Å²) >= 11 is 5.26. The van der Waals surface area contributed by atoms with Gasteiger partial charge in [-0.3, -0.25) is 9.59 Å². The van der Waals surface area contributed by atoms with E-state index in [1.54, 1.807) is 19.1 Å². The summed E-state index contributed by atoms with van der Waals surface area (Å²) < 4.78 is 55.4. The van der Waals surface area contributed by atoms with Crippen LogP contribution in [0, 0.1) is 17.7 Å². The summed E-state index contributed by atoms with van der Waals surface area (Å²) in [6.45, 7) is 7.41. The zero-order chi connectivity index (χ0) is 35.4. The molecule has 9 nitrogen and oxygen atoms in total. The lowest BCUT2D eigenvalue weighted by atomic mass is 9.78. The third-order valence-electron chi connectivity index (χ3n) is 9.34. The summed E-state index contributed by atoms with van der Waals surface area (Å²) in [5.41, 5.74) is 5.01. The number of thiocarbonyl (C=S) groups is 1. The van der Waals surface area contributed by atoms with Crippen molar-refractivity contribution < 1.29 is 31.9 Å². The molecule has 0 saturated carbocycles. The van der Waals surface area contributed by atoms with Crippen molar-refractivity contribution >= 4 is 46.0 Å². The van der Waals surface area contributed by atoms with Crippen molar-refractivity contribution in [1.29, 1.82) is 0 Å². The fourth-order valence-corrected chi connectivity index (χ4v) is 6.40. The van der Waals surface area contributed by atoms with Crippen molar-refractivity contribution in [2.75, 3.05) is 0 Å². The largest absolute Gasteiger partial charge is 0.418 e. The van der Waals surface area contributed by atoms with Crippen molar-refractivity contribution in [2.45, 2.75) is 90.1 Å². The van der Waals surface area contributed by atoms with Crippen LogP contribution in [-0.2, 0) is 35.2 Å². The number of benzene rings is 2. The standard InChI is InChI=1S/C34H42F4N6O3S/c1-5-18(3)26(29(39)48)42-31(46)33(14-13-25-23(16-33)22-11-8-12-24(28(22)41-25)34(36,37)38)44-30(45)27(19(4)6-2)43-32(47)40-17-20-9-7-10-21(35)15-20/h7-12,15,18-19,26-27,41H,5-6,13-14,16-17H2,1-4H3,(H2,39,48)(H,42,46)(H,44,45)(H2,40,43,47)/t18?,19?,26-,27-,33?/m0/s1. The first-order valence-electron chi connectivity index (χ1n) is 16.0. The number of para-hydroxylation sites is 1.